The zero-order chi connectivity index (χ0) is 11.8. The molecule has 1 N–H and O–H groups in total. The molecule has 1 aromatic rings. The average Bonchev–Trinajstić information content (AvgIpc) is 2.34. The maximum absolute atomic E-state index is 5.25. The molecule has 0 amide bonds. The highest BCUT2D eigenvalue weighted by Crippen LogP contribution is 2.24. The Bertz CT molecular complexity index is 379. The molecular weight excluding hydrogens is 200 g/mol. The minimum atomic E-state index is 0.182. The molecule has 0 aromatic carbocycles. The van der Waals surface area contributed by atoms with E-state index < -0.39 is 0 Å². The first-order valence-corrected chi connectivity index (χ1v) is 5.45. The number of nitrogens with zero attached hydrogens (tertiary/aromatic N) is 1. The normalized spacial score (nSPS) is 11.4. The summed E-state index contributed by atoms with van der Waals surface area (Å²) in [6.45, 7) is 4.83. The van der Waals surface area contributed by atoms with Gasteiger partial charge in [-0.1, -0.05) is 13.0 Å². The molecule has 0 aliphatic rings. The number of nitrogens with one attached hydrogen (secondary N) is 1. The van der Waals surface area contributed by atoms with Crippen molar-refractivity contribution in [3.63, 3.8) is 0 Å². The summed E-state index contributed by atoms with van der Waals surface area (Å²) in [7, 11) is 1.64. The van der Waals surface area contributed by atoms with Gasteiger partial charge >= 0.3 is 0 Å². The van der Waals surface area contributed by atoms with Gasteiger partial charge in [0.15, 0.2) is 0 Å². The lowest BCUT2D eigenvalue weighted by Gasteiger charge is -2.17. The van der Waals surface area contributed by atoms with Gasteiger partial charge in [0.2, 0.25) is 5.88 Å². The highest BCUT2D eigenvalue weighted by molar-refractivity contribution is 5.30. The number of aromatic nitrogens is 1. The van der Waals surface area contributed by atoms with E-state index in [9.17, 15) is 0 Å². The van der Waals surface area contributed by atoms with Crippen LogP contribution in [0.2, 0.25) is 0 Å². The first kappa shape index (κ1) is 12.5. The van der Waals surface area contributed by atoms with Crippen LogP contribution in [0, 0.1) is 11.8 Å². The molecule has 1 unspecified atom stereocenters. The lowest BCUT2D eigenvalue weighted by molar-refractivity contribution is 0.383. The standard InChI is InChI=1S/C13H18N2O/c1-4-6-9-12(14-5-2)11-8-7-10-15-13(11)16-3/h7-8,10,12,14H,5,9H2,1-3H3. The molecule has 0 bridgehead atoms. The summed E-state index contributed by atoms with van der Waals surface area (Å²) in [6.07, 6.45) is 2.50. The number of methoxy groups -OCH3 is 1. The van der Waals surface area contributed by atoms with Crippen LogP contribution in [0.4, 0.5) is 0 Å². The van der Waals surface area contributed by atoms with Crippen LogP contribution in [-0.4, -0.2) is 18.6 Å². The van der Waals surface area contributed by atoms with Gasteiger partial charge in [0.25, 0.3) is 0 Å². The molecule has 3 nitrogen and oxygen atoms in total. The van der Waals surface area contributed by atoms with Crippen molar-refractivity contribution in [3.8, 4) is 17.7 Å². The van der Waals surface area contributed by atoms with E-state index in [1.165, 1.54) is 0 Å². The van der Waals surface area contributed by atoms with Crippen molar-refractivity contribution in [2.45, 2.75) is 26.3 Å². The predicted octanol–water partition coefficient (Wildman–Crippen LogP) is 2.15. The fourth-order valence-corrected chi connectivity index (χ4v) is 1.58. The molecular formula is C13H18N2O. The Hall–Kier alpha value is -1.53. The second kappa shape index (κ2) is 6.86. The minimum Gasteiger partial charge on any atom is -0.481 e. The van der Waals surface area contributed by atoms with Crippen LogP contribution in [0.5, 0.6) is 5.88 Å². The number of rotatable bonds is 5. The van der Waals surface area contributed by atoms with Crippen LogP contribution in [0.1, 0.15) is 31.9 Å². The average molecular weight is 218 g/mol. The van der Waals surface area contributed by atoms with Crippen LogP contribution < -0.4 is 10.1 Å². The van der Waals surface area contributed by atoms with Gasteiger partial charge in [0.05, 0.1) is 7.11 Å². The second-order valence-electron chi connectivity index (χ2n) is 3.34. The SMILES string of the molecule is CC#CCC(NCC)c1cccnc1OC. The Kier molecular flexibility index (Phi) is 5.38. The second-order valence-corrected chi connectivity index (χ2v) is 3.34. The van der Waals surface area contributed by atoms with E-state index in [4.69, 9.17) is 4.74 Å². The Morgan fingerprint density at radius 3 is 3.00 bits per heavy atom. The maximum Gasteiger partial charge on any atom is 0.217 e. The molecule has 0 saturated carbocycles. The quantitative estimate of drug-likeness (QED) is 0.769. The molecule has 0 spiro atoms. The Balaban J connectivity index is 2.93. The first-order chi connectivity index (χ1) is 7.83. The van der Waals surface area contributed by atoms with Crippen molar-refractivity contribution in [1.82, 2.24) is 10.3 Å². The van der Waals surface area contributed by atoms with E-state index in [0.29, 0.717) is 5.88 Å². The number of hydrogen-bond acceptors (Lipinski definition) is 3. The highest BCUT2D eigenvalue weighted by Gasteiger charge is 2.14. The van der Waals surface area contributed by atoms with Crippen molar-refractivity contribution in [3.05, 3.63) is 23.9 Å². The lowest BCUT2D eigenvalue weighted by Crippen LogP contribution is -2.21. The molecule has 1 atom stereocenters. The van der Waals surface area contributed by atoms with Crippen LogP contribution in [0.3, 0.4) is 0 Å². The summed E-state index contributed by atoms with van der Waals surface area (Å²) in [5, 5.41) is 3.39. The van der Waals surface area contributed by atoms with Gasteiger partial charge in [-0.2, -0.15) is 0 Å². The third kappa shape index (κ3) is 3.25. The molecule has 0 aliphatic carbocycles. The summed E-state index contributed by atoms with van der Waals surface area (Å²) in [5.41, 5.74) is 1.06. The van der Waals surface area contributed by atoms with Crippen LogP contribution in [0.15, 0.2) is 18.3 Å². The molecule has 1 aromatic heterocycles. The fourth-order valence-electron chi connectivity index (χ4n) is 1.58. The van der Waals surface area contributed by atoms with E-state index in [-0.39, 0.29) is 6.04 Å². The molecule has 1 rings (SSSR count). The molecule has 3 heteroatoms. The van der Waals surface area contributed by atoms with E-state index in [0.717, 1.165) is 18.5 Å². The summed E-state index contributed by atoms with van der Waals surface area (Å²) in [4.78, 5) is 4.20. The summed E-state index contributed by atoms with van der Waals surface area (Å²) in [5.74, 6) is 6.67. The monoisotopic (exact) mass is 218 g/mol. The van der Waals surface area contributed by atoms with Gasteiger partial charge in [0.1, 0.15) is 0 Å². The van der Waals surface area contributed by atoms with Gasteiger partial charge in [-0.15, -0.1) is 11.8 Å². The molecule has 0 radical (unpaired) electrons. The van der Waals surface area contributed by atoms with Crippen molar-refractivity contribution >= 4 is 0 Å². The van der Waals surface area contributed by atoms with E-state index in [2.05, 4.69) is 29.1 Å². The predicted molar refractivity (Wildman–Crippen MR) is 65.3 cm³/mol. The van der Waals surface area contributed by atoms with Crippen molar-refractivity contribution in [1.29, 1.82) is 0 Å². The van der Waals surface area contributed by atoms with E-state index in [1.807, 2.05) is 19.1 Å². The maximum atomic E-state index is 5.25. The Morgan fingerprint density at radius 1 is 1.56 bits per heavy atom. The third-order valence-corrected chi connectivity index (χ3v) is 2.30. The van der Waals surface area contributed by atoms with Crippen molar-refractivity contribution in [2.75, 3.05) is 13.7 Å². The van der Waals surface area contributed by atoms with Crippen LogP contribution >= 0.6 is 0 Å². The van der Waals surface area contributed by atoms with Crippen LogP contribution in [0.25, 0.3) is 0 Å². The smallest absolute Gasteiger partial charge is 0.217 e. The first-order valence-electron chi connectivity index (χ1n) is 5.45. The van der Waals surface area contributed by atoms with Gasteiger partial charge in [-0.3, -0.25) is 0 Å². The van der Waals surface area contributed by atoms with Gasteiger partial charge < -0.3 is 10.1 Å². The van der Waals surface area contributed by atoms with Gasteiger partial charge in [-0.05, 0) is 19.5 Å². The zero-order valence-electron chi connectivity index (χ0n) is 10.1. The third-order valence-electron chi connectivity index (χ3n) is 2.30. The van der Waals surface area contributed by atoms with Gasteiger partial charge in [-0.25, -0.2) is 4.98 Å². The van der Waals surface area contributed by atoms with Crippen LogP contribution in [-0.2, 0) is 0 Å². The topological polar surface area (TPSA) is 34.2 Å². The van der Waals surface area contributed by atoms with Crippen molar-refractivity contribution < 1.29 is 4.74 Å². The molecule has 1 heterocycles. The zero-order valence-corrected chi connectivity index (χ0v) is 10.1. The number of pyridine rings is 1. The molecule has 0 aliphatic heterocycles. The Morgan fingerprint density at radius 2 is 2.38 bits per heavy atom. The fraction of sp³-hybridized carbons (Fsp3) is 0.462. The lowest BCUT2D eigenvalue weighted by atomic mass is 10.1. The molecule has 0 fully saturated rings. The molecule has 86 valence electrons. The number of ether oxygens (including phenoxy) is 1. The van der Waals surface area contributed by atoms with Gasteiger partial charge in [0, 0.05) is 24.2 Å². The number of hydrogen-bond donors (Lipinski definition) is 1. The summed E-state index contributed by atoms with van der Waals surface area (Å²) >= 11 is 0. The summed E-state index contributed by atoms with van der Waals surface area (Å²) in [6, 6.07) is 4.12. The van der Waals surface area contributed by atoms with Crippen molar-refractivity contribution in [2.24, 2.45) is 0 Å². The molecule has 0 saturated heterocycles. The summed E-state index contributed by atoms with van der Waals surface area (Å²) < 4.78 is 5.25. The van der Waals surface area contributed by atoms with E-state index >= 15 is 0 Å². The molecule has 16 heavy (non-hydrogen) atoms. The largest absolute Gasteiger partial charge is 0.481 e. The minimum absolute atomic E-state index is 0.182. The Labute approximate surface area is 97.2 Å². The van der Waals surface area contributed by atoms with E-state index in [1.54, 1.807) is 13.3 Å². The highest BCUT2D eigenvalue weighted by atomic mass is 16.5.